The molecule has 0 aliphatic heterocycles. The maximum Gasteiger partial charge on any atom is 0.244 e. The zero-order valence-corrected chi connectivity index (χ0v) is 15.8. The Morgan fingerprint density at radius 3 is 2.46 bits per heavy atom. The lowest BCUT2D eigenvalue weighted by Crippen LogP contribution is -2.20. The first-order valence-electron chi connectivity index (χ1n) is 8.93. The molecule has 1 N–H and O–H groups in total. The normalized spacial score (nSPS) is 11.2. The van der Waals surface area contributed by atoms with E-state index in [-0.39, 0.29) is 5.91 Å². The summed E-state index contributed by atoms with van der Waals surface area (Å²) < 4.78 is 1.78. The first-order valence-corrected chi connectivity index (χ1v) is 9.31. The minimum atomic E-state index is -0.171. The number of imidazole rings is 1. The van der Waals surface area contributed by atoms with Crippen LogP contribution in [0.2, 0.25) is 5.15 Å². The fourth-order valence-electron chi connectivity index (χ4n) is 2.94. The molecule has 0 fully saturated rings. The van der Waals surface area contributed by atoms with Crippen LogP contribution in [-0.2, 0) is 11.3 Å². The van der Waals surface area contributed by atoms with Gasteiger partial charge in [-0.2, -0.15) is 0 Å². The van der Waals surface area contributed by atoms with Gasteiger partial charge in [-0.1, -0.05) is 72.3 Å². The van der Waals surface area contributed by atoms with Gasteiger partial charge >= 0.3 is 0 Å². The molecule has 0 unspecified atom stereocenters. The maximum atomic E-state index is 12.1. The highest BCUT2D eigenvalue weighted by atomic mass is 35.5. The lowest BCUT2D eigenvalue weighted by atomic mass is 10.0. The third kappa shape index (κ3) is 4.13. The van der Waals surface area contributed by atoms with E-state index in [9.17, 15) is 4.79 Å². The summed E-state index contributed by atoms with van der Waals surface area (Å²) in [5, 5.41) is 3.43. The number of hydrogen-bond acceptors (Lipinski definition) is 2. The van der Waals surface area contributed by atoms with E-state index in [1.807, 2.05) is 60.8 Å². The zero-order chi connectivity index (χ0) is 19.3. The van der Waals surface area contributed by atoms with Gasteiger partial charge in [-0.05, 0) is 34.9 Å². The highest BCUT2D eigenvalue weighted by molar-refractivity contribution is 6.29. The molecule has 4 rings (SSSR count). The predicted molar refractivity (Wildman–Crippen MR) is 113 cm³/mol. The Bertz CT molecular complexity index is 1130. The summed E-state index contributed by atoms with van der Waals surface area (Å²) in [6.45, 7) is 0.341. The minimum Gasteiger partial charge on any atom is -0.347 e. The number of halogens is 1. The molecule has 2 heterocycles. The van der Waals surface area contributed by atoms with Crippen molar-refractivity contribution in [2.24, 2.45) is 0 Å². The average Bonchev–Trinajstić information content (AvgIpc) is 3.16. The van der Waals surface area contributed by atoms with Gasteiger partial charge < -0.3 is 5.32 Å². The van der Waals surface area contributed by atoms with Gasteiger partial charge in [0.25, 0.3) is 0 Å². The van der Waals surface area contributed by atoms with E-state index in [1.165, 1.54) is 11.6 Å². The Morgan fingerprint density at radius 2 is 1.71 bits per heavy atom. The highest BCUT2D eigenvalue weighted by Gasteiger charge is 2.05. The second kappa shape index (κ2) is 8.11. The Labute approximate surface area is 168 Å². The van der Waals surface area contributed by atoms with E-state index in [4.69, 9.17) is 11.6 Å². The molecule has 5 heteroatoms. The molecule has 1 amide bonds. The van der Waals surface area contributed by atoms with E-state index in [0.29, 0.717) is 11.7 Å². The zero-order valence-electron chi connectivity index (χ0n) is 15.0. The average molecular weight is 388 g/mol. The lowest BCUT2D eigenvalue weighted by Gasteiger charge is -2.02. The third-order valence-electron chi connectivity index (χ3n) is 4.38. The third-order valence-corrected chi connectivity index (χ3v) is 4.69. The molecule has 0 aliphatic rings. The molecule has 28 heavy (non-hydrogen) atoms. The molecule has 0 spiro atoms. The van der Waals surface area contributed by atoms with Crippen LogP contribution in [-0.4, -0.2) is 15.3 Å². The summed E-state index contributed by atoms with van der Waals surface area (Å²) in [5.74, 6) is -0.171. The van der Waals surface area contributed by atoms with Crippen LogP contribution >= 0.6 is 11.6 Å². The molecular weight excluding hydrogens is 370 g/mol. The summed E-state index contributed by atoms with van der Waals surface area (Å²) in [4.78, 5) is 16.5. The smallest absolute Gasteiger partial charge is 0.244 e. The Balaban J connectivity index is 1.36. The quantitative estimate of drug-likeness (QED) is 0.387. The van der Waals surface area contributed by atoms with E-state index < -0.39 is 0 Å². The first kappa shape index (κ1) is 18.0. The van der Waals surface area contributed by atoms with Gasteiger partial charge in [-0.25, -0.2) is 4.98 Å². The Morgan fingerprint density at radius 1 is 0.964 bits per heavy atom. The fourth-order valence-corrected chi connectivity index (χ4v) is 3.15. The SMILES string of the molecule is O=C(/C=C/c1ccc(-c2ccccc2)cc1)NCc1cn2c(Cl)cccc2n1. The van der Waals surface area contributed by atoms with Crippen LogP contribution in [0.5, 0.6) is 0 Å². The van der Waals surface area contributed by atoms with Gasteiger partial charge in [0.15, 0.2) is 0 Å². The monoisotopic (exact) mass is 387 g/mol. The molecule has 0 saturated heterocycles. The second-order valence-corrected chi connectivity index (χ2v) is 6.74. The fraction of sp³-hybridized carbons (Fsp3) is 0.0435. The molecule has 2 aromatic heterocycles. The van der Waals surface area contributed by atoms with Crippen LogP contribution in [0.25, 0.3) is 22.9 Å². The minimum absolute atomic E-state index is 0.171. The van der Waals surface area contributed by atoms with Gasteiger partial charge in [0.05, 0.1) is 12.2 Å². The highest BCUT2D eigenvalue weighted by Crippen LogP contribution is 2.19. The summed E-state index contributed by atoms with van der Waals surface area (Å²) in [7, 11) is 0. The van der Waals surface area contributed by atoms with Crippen LogP contribution < -0.4 is 5.32 Å². The van der Waals surface area contributed by atoms with Crippen LogP contribution in [0.3, 0.4) is 0 Å². The summed E-state index contributed by atoms with van der Waals surface area (Å²) >= 11 is 6.13. The van der Waals surface area contributed by atoms with Crippen molar-refractivity contribution in [1.29, 1.82) is 0 Å². The van der Waals surface area contributed by atoms with E-state index in [0.717, 1.165) is 22.5 Å². The van der Waals surface area contributed by atoms with Crippen LogP contribution in [0, 0.1) is 0 Å². The van der Waals surface area contributed by atoms with Gasteiger partial charge in [0, 0.05) is 12.3 Å². The number of carbonyl (C=O) groups excluding carboxylic acids is 1. The molecule has 138 valence electrons. The Kier molecular flexibility index (Phi) is 5.22. The number of fused-ring (bicyclic) bond motifs is 1. The van der Waals surface area contributed by atoms with Crippen molar-refractivity contribution >= 4 is 29.2 Å². The standard InChI is InChI=1S/C23H18ClN3O/c24-21-7-4-8-22-26-20(16-27(21)22)15-25-23(28)14-11-17-9-12-19(13-10-17)18-5-2-1-3-6-18/h1-14,16H,15H2,(H,25,28)/b14-11+. The summed E-state index contributed by atoms with van der Waals surface area (Å²) in [6.07, 6.45) is 5.15. The van der Waals surface area contributed by atoms with Crippen LogP contribution in [0.15, 0.2) is 85.1 Å². The van der Waals surface area contributed by atoms with E-state index in [2.05, 4.69) is 22.4 Å². The molecule has 4 aromatic rings. The van der Waals surface area contributed by atoms with Crippen molar-refractivity contribution in [3.63, 3.8) is 0 Å². The first-order chi connectivity index (χ1) is 13.7. The summed E-state index contributed by atoms with van der Waals surface area (Å²) in [5.41, 5.74) is 4.79. The molecular formula is C23H18ClN3O. The molecule has 0 aliphatic carbocycles. The predicted octanol–water partition coefficient (Wildman–Crippen LogP) is 4.98. The maximum absolute atomic E-state index is 12.1. The van der Waals surface area contributed by atoms with E-state index in [1.54, 1.807) is 16.5 Å². The van der Waals surface area contributed by atoms with Gasteiger partial charge in [0.2, 0.25) is 5.91 Å². The number of aromatic nitrogens is 2. The van der Waals surface area contributed by atoms with Gasteiger partial charge in [-0.3, -0.25) is 9.20 Å². The van der Waals surface area contributed by atoms with Crippen LogP contribution in [0.4, 0.5) is 0 Å². The van der Waals surface area contributed by atoms with Gasteiger partial charge in [-0.15, -0.1) is 0 Å². The van der Waals surface area contributed by atoms with E-state index >= 15 is 0 Å². The van der Waals surface area contributed by atoms with Crippen molar-refractivity contribution in [3.8, 4) is 11.1 Å². The number of pyridine rings is 1. The topological polar surface area (TPSA) is 46.4 Å². The lowest BCUT2D eigenvalue weighted by molar-refractivity contribution is -0.116. The molecule has 0 radical (unpaired) electrons. The van der Waals surface area contributed by atoms with Crippen molar-refractivity contribution in [3.05, 3.63) is 101 Å². The molecule has 4 nitrogen and oxygen atoms in total. The molecule has 0 saturated carbocycles. The molecule has 2 aromatic carbocycles. The number of nitrogens with zero attached hydrogens (tertiary/aromatic N) is 2. The number of hydrogen-bond donors (Lipinski definition) is 1. The molecule has 0 atom stereocenters. The number of carbonyl (C=O) groups is 1. The van der Waals surface area contributed by atoms with Crippen molar-refractivity contribution < 1.29 is 4.79 Å². The molecule has 0 bridgehead atoms. The number of amides is 1. The summed E-state index contributed by atoms with van der Waals surface area (Å²) in [6, 6.07) is 23.8. The van der Waals surface area contributed by atoms with Crippen molar-refractivity contribution in [2.45, 2.75) is 6.54 Å². The second-order valence-electron chi connectivity index (χ2n) is 6.35. The number of rotatable bonds is 5. The van der Waals surface area contributed by atoms with Crippen molar-refractivity contribution in [2.75, 3.05) is 0 Å². The van der Waals surface area contributed by atoms with Gasteiger partial charge in [0.1, 0.15) is 10.8 Å². The van der Waals surface area contributed by atoms with Crippen molar-refractivity contribution in [1.82, 2.24) is 14.7 Å². The van der Waals surface area contributed by atoms with Crippen LogP contribution in [0.1, 0.15) is 11.3 Å². The largest absolute Gasteiger partial charge is 0.347 e. The Hall–Kier alpha value is -3.37. The number of benzene rings is 2. The number of nitrogens with one attached hydrogen (secondary N) is 1.